The summed E-state index contributed by atoms with van der Waals surface area (Å²) in [4.78, 5) is 12.3. The molecule has 0 spiro atoms. The Labute approximate surface area is 66.3 Å². The molecular weight excluding hydrogens is 142 g/mol. The molecule has 0 saturated carbocycles. The van der Waals surface area contributed by atoms with Gasteiger partial charge in [-0.05, 0) is 19.3 Å². The fraction of sp³-hybridized carbons (Fsp3) is 0.625. The van der Waals surface area contributed by atoms with E-state index in [1.807, 2.05) is 4.90 Å². The highest BCUT2D eigenvalue weighted by Gasteiger charge is 2.11. The Hall–Kier alpha value is -0.990. The third kappa shape index (κ3) is 1.97. The van der Waals surface area contributed by atoms with Crippen molar-refractivity contribution in [2.45, 2.75) is 19.3 Å². The van der Waals surface area contributed by atoms with E-state index in [0.717, 1.165) is 32.2 Å². The van der Waals surface area contributed by atoms with Crippen LogP contribution < -0.4 is 0 Å². The maximum atomic E-state index is 10.4. The molecule has 1 fully saturated rings. The first-order valence-corrected chi connectivity index (χ1v) is 3.93. The number of allylic oxidation sites excluding steroid dienone is 1. The molecule has 0 bridgehead atoms. The van der Waals surface area contributed by atoms with E-state index in [4.69, 9.17) is 5.11 Å². The highest BCUT2D eigenvalue weighted by atomic mass is 16.2. The highest BCUT2D eigenvalue weighted by Crippen LogP contribution is 2.12. The van der Waals surface area contributed by atoms with Crippen molar-refractivity contribution < 1.29 is 9.90 Å². The summed E-state index contributed by atoms with van der Waals surface area (Å²) in [5.41, 5.74) is 0.407. The number of rotatable bonds is 2. The van der Waals surface area contributed by atoms with Crippen LogP contribution in [0.5, 0.6) is 0 Å². The second-order valence-corrected chi connectivity index (χ2v) is 2.72. The first-order chi connectivity index (χ1) is 5.38. The lowest BCUT2D eigenvalue weighted by atomic mass is 10.1. The van der Waals surface area contributed by atoms with Gasteiger partial charge in [0.2, 0.25) is 0 Å². The molecule has 62 valence electrons. The minimum atomic E-state index is 0.407. The van der Waals surface area contributed by atoms with Crippen LogP contribution >= 0.6 is 0 Å². The van der Waals surface area contributed by atoms with Crippen molar-refractivity contribution in [1.29, 1.82) is 0 Å². The molecule has 3 heteroatoms. The molecular formula is C8H13NO2. The van der Waals surface area contributed by atoms with Crippen molar-refractivity contribution >= 4 is 6.29 Å². The Morgan fingerprint density at radius 1 is 1.27 bits per heavy atom. The zero-order chi connectivity index (χ0) is 8.10. The van der Waals surface area contributed by atoms with E-state index in [0.29, 0.717) is 12.0 Å². The fourth-order valence-electron chi connectivity index (χ4n) is 1.34. The number of carbonyl (C=O) groups excluding carboxylic acids is 1. The smallest absolute Gasteiger partial charge is 0.169 e. The summed E-state index contributed by atoms with van der Waals surface area (Å²) in [6.07, 6.45) is 5.05. The number of carbonyl (C=O) groups is 1. The van der Waals surface area contributed by atoms with Gasteiger partial charge in [-0.2, -0.15) is 0 Å². The third-order valence-corrected chi connectivity index (χ3v) is 1.97. The Bertz CT molecular complexity index is 159. The molecule has 0 amide bonds. The predicted octanol–water partition coefficient (Wildman–Crippen LogP) is 1.07. The second kappa shape index (κ2) is 4.01. The Morgan fingerprint density at radius 2 is 1.91 bits per heavy atom. The van der Waals surface area contributed by atoms with Crippen molar-refractivity contribution in [2.75, 3.05) is 13.1 Å². The Balaban J connectivity index is 2.49. The molecule has 0 aliphatic carbocycles. The fourth-order valence-corrected chi connectivity index (χ4v) is 1.34. The highest BCUT2D eigenvalue weighted by molar-refractivity contribution is 5.71. The zero-order valence-electron chi connectivity index (χ0n) is 6.49. The molecule has 0 aromatic heterocycles. The number of aliphatic hydroxyl groups excluding tert-OH is 1. The van der Waals surface area contributed by atoms with Gasteiger partial charge in [-0.3, -0.25) is 4.79 Å². The van der Waals surface area contributed by atoms with Gasteiger partial charge in [-0.1, -0.05) is 0 Å². The van der Waals surface area contributed by atoms with E-state index in [-0.39, 0.29) is 0 Å². The number of likely N-dealkylation sites (tertiary alicyclic amines) is 1. The lowest BCUT2D eigenvalue weighted by Gasteiger charge is -2.27. The number of nitrogens with zero attached hydrogens (tertiary/aromatic N) is 1. The van der Waals surface area contributed by atoms with Gasteiger partial charge in [0.25, 0.3) is 0 Å². The van der Waals surface area contributed by atoms with E-state index >= 15 is 0 Å². The average Bonchev–Trinajstić information content (AvgIpc) is 2.09. The monoisotopic (exact) mass is 155 g/mol. The molecule has 1 aliphatic rings. The first kappa shape index (κ1) is 8.11. The summed E-state index contributed by atoms with van der Waals surface area (Å²) in [7, 11) is 0. The summed E-state index contributed by atoms with van der Waals surface area (Å²) >= 11 is 0. The van der Waals surface area contributed by atoms with Crippen molar-refractivity contribution in [2.24, 2.45) is 0 Å². The van der Waals surface area contributed by atoms with Crippen molar-refractivity contribution in [1.82, 2.24) is 4.90 Å². The molecule has 0 unspecified atom stereocenters. The average molecular weight is 155 g/mol. The van der Waals surface area contributed by atoms with Crippen LogP contribution in [-0.2, 0) is 4.79 Å². The topological polar surface area (TPSA) is 40.5 Å². The van der Waals surface area contributed by atoms with E-state index in [1.54, 1.807) is 0 Å². The van der Waals surface area contributed by atoms with Crippen molar-refractivity contribution in [3.8, 4) is 0 Å². The van der Waals surface area contributed by atoms with E-state index in [1.165, 1.54) is 6.42 Å². The van der Waals surface area contributed by atoms with Crippen LogP contribution in [0.4, 0.5) is 0 Å². The molecule has 11 heavy (non-hydrogen) atoms. The van der Waals surface area contributed by atoms with Crippen molar-refractivity contribution in [3.63, 3.8) is 0 Å². The Kier molecular flexibility index (Phi) is 2.95. The zero-order valence-corrected chi connectivity index (χ0v) is 6.49. The SMILES string of the molecule is O=CC(=CO)N1CCCCC1. The van der Waals surface area contributed by atoms with E-state index in [9.17, 15) is 4.79 Å². The van der Waals surface area contributed by atoms with Gasteiger partial charge in [-0.25, -0.2) is 0 Å². The molecule has 1 aliphatic heterocycles. The lowest BCUT2D eigenvalue weighted by Crippen LogP contribution is -2.29. The van der Waals surface area contributed by atoms with E-state index < -0.39 is 0 Å². The van der Waals surface area contributed by atoms with Gasteiger partial charge in [0.15, 0.2) is 6.29 Å². The number of aldehydes is 1. The van der Waals surface area contributed by atoms with Gasteiger partial charge in [-0.15, -0.1) is 0 Å². The van der Waals surface area contributed by atoms with Gasteiger partial charge >= 0.3 is 0 Å². The summed E-state index contributed by atoms with van der Waals surface area (Å²) in [5, 5.41) is 8.64. The van der Waals surface area contributed by atoms with Crippen LogP contribution in [0.1, 0.15) is 19.3 Å². The van der Waals surface area contributed by atoms with E-state index in [2.05, 4.69) is 0 Å². The van der Waals surface area contributed by atoms with Crippen LogP contribution in [0, 0.1) is 0 Å². The summed E-state index contributed by atoms with van der Waals surface area (Å²) in [5.74, 6) is 0. The number of aliphatic hydroxyl groups is 1. The molecule has 3 nitrogen and oxygen atoms in total. The Morgan fingerprint density at radius 3 is 2.36 bits per heavy atom. The number of hydrogen-bond donors (Lipinski definition) is 1. The molecule has 1 heterocycles. The summed E-state index contributed by atoms with van der Waals surface area (Å²) < 4.78 is 0. The summed E-state index contributed by atoms with van der Waals surface area (Å²) in [6, 6.07) is 0. The van der Waals surface area contributed by atoms with Crippen LogP contribution in [0.15, 0.2) is 12.0 Å². The van der Waals surface area contributed by atoms with Gasteiger partial charge in [0, 0.05) is 13.1 Å². The number of hydrogen-bond acceptors (Lipinski definition) is 3. The maximum Gasteiger partial charge on any atom is 0.169 e. The largest absolute Gasteiger partial charge is 0.513 e. The molecule has 0 atom stereocenters. The molecule has 1 N–H and O–H groups in total. The molecule has 0 aromatic rings. The molecule has 0 aromatic carbocycles. The molecule has 0 radical (unpaired) electrons. The quantitative estimate of drug-likeness (QED) is 0.368. The first-order valence-electron chi connectivity index (χ1n) is 3.93. The molecule has 1 rings (SSSR count). The van der Waals surface area contributed by atoms with Crippen molar-refractivity contribution in [3.05, 3.63) is 12.0 Å². The normalized spacial score (nSPS) is 20.0. The van der Waals surface area contributed by atoms with Gasteiger partial charge in [0.1, 0.15) is 12.0 Å². The minimum absolute atomic E-state index is 0.407. The minimum Gasteiger partial charge on any atom is -0.513 e. The van der Waals surface area contributed by atoms with Crippen LogP contribution in [0.25, 0.3) is 0 Å². The predicted molar refractivity (Wildman–Crippen MR) is 42.2 cm³/mol. The van der Waals surface area contributed by atoms with Gasteiger partial charge < -0.3 is 10.0 Å². The summed E-state index contributed by atoms with van der Waals surface area (Å²) in [6.45, 7) is 1.79. The third-order valence-electron chi connectivity index (χ3n) is 1.97. The molecule has 1 saturated heterocycles. The lowest BCUT2D eigenvalue weighted by molar-refractivity contribution is -0.106. The van der Waals surface area contributed by atoms with Gasteiger partial charge in [0.05, 0.1) is 0 Å². The second-order valence-electron chi connectivity index (χ2n) is 2.72. The standard InChI is InChI=1S/C8H13NO2/c10-6-8(7-11)9-4-2-1-3-5-9/h6-7,10H,1-5H2. The van der Waals surface area contributed by atoms with Crippen LogP contribution in [0.3, 0.4) is 0 Å². The maximum absolute atomic E-state index is 10.4. The number of piperidine rings is 1. The van der Waals surface area contributed by atoms with Crippen LogP contribution in [0.2, 0.25) is 0 Å². The van der Waals surface area contributed by atoms with Crippen LogP contribution in [-0.4, -0.2) is 29.4 Å².